The van der Waals surface area contributed by atoms with Crippen molar-refractivity contribution in [3.05, 3.63) is 101 Å². The van der Waals surface area contributed by atoms with Crippen LogP contribution >= 0.6 is 23.1 Å². The van der Waals surface area contributed by atoms with Crippen molar-refractivity contribution in [1.82, 2.24) is 10.2 Å². The van der Waals surface area contributed by atoms with Crippen LogP contribution in [0.15, 0.2) is 82.7 Å². The van der Waals surface area contributed by atoms with E-state index in [2.05, 4.69) is 34.5 Å². The molecule has 1 aliphatic rings. The quantitative estimate of drug-likeness (QED) is 0.0834. The third-order valence-electron chi connectivity index (χ3n) is 6.40. The van der Waals surface area contributed by atoms with Gasteiger partial charge in [0.15, 0.2) is 4.34 Å². The number of thioether (sulfide) groups is 1. The number of aryl methyl sites for hydroxylation is 1. The van der Waals surface area contributed by atoms with Crippen LogP contribution in [0.4, 0.5) is 5.13 Å². The van der Waals surface area contributed by atoms with E-state index in [0.29, 0.717) is 39.3 Å². The molecular weight excluding hydrogens is 546 g/mol. The molecule has 1 atom stereocenters. The lowest BCUT2D eigenvalue weighted by molar-refractivity contribution is -0.132. The number of methoxy groups -OCH3 is 1. The molecule has 3 aromatic carbocycles. The number of rotatable bonds is 9. The Kier molecular flexibility index (Phi) is 8.18. The summed E-state index contributed by atoms with van der Waals surface area (Å²) in [5, 5.41) is 20.2. The van der Waals surface area contributed by atoms with Crippen LogP contribution in [0, 0.1) is 6.92 Å². The number of Topliss-reactive ketones (excluding diaryl/α,β-unsaturated/α-hetero) is 1. The zero-order valence-corrected chi connectivity index (χ0v) is 23.8. The highest BCUT2D eigenvalue weighted by atomic mass is 32.2. The first-order valence-corrected chi connectivity index (χ1v) is 14.4. The topological polar surface area (TPSA) is 102 Å². The Bertz CT molecular complexity index is 1550. The van der Waals surface area contributed by atoms with Gasteiger partial charge in [0, 0.05) is 11.3 Å². The smallest absolute Gasteiger partial charge is 0.301 e. The average molecular weight is 574 g/mol. The maximum atomic E-state index is 13.4. The van der Waals surface area contributed by atoms with Crippen molar-refractivity contribution in [1.29, 1.82) is 0 Å². The fourth-order valence-corrected chi connectivity index (χ4v) is 6.17. The molecule has 1 saturated heterocycles. The number of benzene rings is 3. The zero-order valence-electron chi connectivity index (χ0n) is 22.2. The van der Waals surface area contributed by atoms with Crippen LogP contribution < -0.4 is 14.4 Å². The summed E-state index contributed by atoms with van der Waals surface area (Å²) in [5.41, 5.74) is 3.32. The molecule has 1 fully saturated rings. The van der Waals surface area contributed by atoms with E-state index in [-0.39, 0.29) is 16.5 Å². The van der Waals surface area contributed by atoms with Crippen molar-refractivity contribution in [2.24, 2.45) is 0 Å². The maximum absolute atomic E-state index is 13.4. The summed E-state index contributed by atoms with van der Waals surface area (Å²) in [6.45, 7) is 4.43. The fraction of sp³-hybridized carbons (Fsp3) is 0.200. The lowest BCUT2D eigenvalue weighted by Crippen LogP contribution is -2.29. The molecule has 10 heteroatoms. The number of hydrogen-bond donors (Lipinski definition) is 1. The van der Waals surface area contributed by atoms with Gasteiger partial charge in [-0.15, -0.1) is 10.2 Å². The molecule has 4 aromatic rings. The molecule has 2 heterocycles. The van der Waals surface area contributed by atoms with Gasteiger partial charge in [-0.2, -0.15) is 0 Å². The number of aliphatic hydroxyl groups is 1. The Morgan fingerprint density at radius 2 is 1.65 bits per heavy atom. The predicted octanol–water partition coefficient (Wildman–Crippen LogP) is 6.17. The number of amides is 1. The van der Waals surface area contributed by atoms with Gasteiger partial charge in [0.2, 0.25) is 5.13 Å². The number of aromatic nitrogens is 2. The first-order valence-electron chi connectivity index (χ1n) is 12.6. The molecule has 5 rings (SSSR count). The summed E-state index contributed by atoms with van der Waals surface area (Å²) in [6.07, 6.45) is 0. The number of aliphatic hydroxyl groups excluding tert-OH is 1. The second-order valence-electron chi connectivity index (χ2n) is 9.02. The Hall–Kier alpha value is -4.15. The lowest BCUT2D eigenvalue weighted by Gasteiger charge is -2.22. The van der Waals surface area contributed by atoms with Crippen LogP contribution in [0.2, 0.25) is 0 Å². The molecule has 8 nitrogen and oxygen atoms in total. The normalized spacial score (nSPS) is 16.4. The highest BCUT2D eigenvalue weighted by Crippen LogP contribution is 2.44. The monoisotopic (exact) mass is 573 g/mol. The minimum Gasteiger partial charge on any atom is -0.507 e. The van der Waals surface area contributed by atoms with Gasteiger partial charge in [-0.1, -0.05) is 65.1 Å². The lowest BCUT2D eigenvalue weighted by atomic mass is 9.95. The summed E-state index contributed by atoms with van der Waals surface area (Å²) < 4.78 is 11.4. The zero-order chi connectivity index (χ0) is 28.2. The van der Waals surface area contributed by atoms with Gasteiger partial charge in [0.1, 0.15) is 17.3 Å². The van der Waals surface area contributed by atoms with Crippen molar-refractivity contribution in [2.45, 2.75) is 30.0 Å². The molecule has 1 aromatic heterocycles. The van der Waals surface area contributed by atoms with Crippen molar-refractivity contribution in [3.63, 3.8) is 0 Å². The highest BCUT2D eigenvalue weighted by Gasteiger charge is 2.48. The molecule has 0 bridgehead atoms. The number of nitrogens with zero attached hydrogens (tertiary/aromatic N) is 3. The average Bonchev–Trinajstić information content (AvgIpc) is 3.55. The molecule has 204 valence electrons. The number of carbonyl (C=O) groups excluding carboxylic acids is 2. The molecule has 0 saturated carbocycles. The maximum Gasteiger partial charge on any atom is 0.301 e. The number of anilines is 1. The minimum absolute atomic E-state index is 0.0246. The van der Waals surface area contributed by atoms with Crippen LogP contribution in [0.3, 0.4) is 0 Å². The molecular formula is C30H27N3O5S2. The minimum atomic E-state index is -0.902. The molecule has 1 unspecified atom stereocenters. The van der Waals surface area contributed by atoms with E-state index in [1.165, 1.54) is 33.6 Å². The third kappa shape index (κ3) is 5.59. The van der Waals surface area contributed by atoms with Crippen molar-refractivity contribution in [2.75, 3.05) is 18.6 Å². The van der Waals surface area contributed by atoms with Crippen LogP contribution in [0.1, 0.15) is 35.2 Å². The van der Waals surface area contributed by atoms with Crippen LogP contribution in [0.25, 0.3) is 5.76 Å². The second kappa shape index (κ2) is 11.9. The van der Waals surface area contributed by atoms with E-state index in [1.807, 2.05) is 13.8 Å². The van der Waals surface area contributed by atoms with E-state index in [1.54, 1.807) is 55.6 Å². The molecule has 0 aliphatic carbocycles. The summed E-state index contributed by atoms with van der Waals surface area (Å²) in [4.78, 5) is 28.2. The number of carbonyl (C=O) groups is 2. The Balaban J connectivity index is 1.52. The van der Waals surface area contributed by atoms with Gasteiger partial charge >= 0.3 is 5.91 Å². The number of hydrogen-bond acceptors (Lipinski definition) is 9. The van der Waals surface area contributed by atoms with Crippen molar-refractivity contribution in [3.8, 4) is 11.5 Å². The second-order valence-corrected chi connectivity index (χ2v) is 11.2. The van der Waals surface area contributed by atoms with Gasteiger partial charge in [0.05, 0.1) is 25.3 Å². The summed E-state index contributed by atoms with van der Waals surface area (Å²) in [7, 11) is 1.54. The van der Waals surface area contributed by atoms with Crippen LogP contribution in [-0.4, -0.2) is 40.7 Å². The fourth-order valence-electron chi connectivity index (χ4n) is 4.35. The van der Waals surface area contributed by atoms with Gasteiger partial charge in [0.25, 0.3) is 5.78 Å². The van der Waals surface area contributed by atoms with Crippen LogP contribution in [0.5, 0.6) is 11.5 Å². The van der Waals surface area contributed by atoms with E-state index in [4.69, 9.17) is 9.47 Å². The number of ketones is 1. The molecule has 0 radical (unpaired) electrons. The van der Waals surface area contributed by atoms with Gasteiger partial charge in [-0.05, 0) is 61.4 Å². The molecule has 0 spiro atoms. The summed E-state index contributed by atoms with van der Waals surface area (Å²) in [5.74, 6) is 0.0963. The first-order chi connectivity index (χ1) is 19.4. The summed E-state index contributed by atoms with van der Waals surface area (Å²) in [6, 6.07) is 21.1. The Morgan fingerprint density at radius 1 is 0.975 bits per heavy atom. The Labute approximate surface area is 240 Å². The van der Waals surface area contributed by atoms with Crippen molar-refractivity contribution < 1.29 is 24.2 Å². The molecule has 1 amide bonds. The molecule has 1 N–H and O–H groups in total. The molecule has 40 heavy (non-hydrogen) atoms. The Morgan fingerprint density at radius 3 is 2.30 bits per heavy atom. The SMILES string of the molecule is CCOc1ccc(C2/C(=C(/O)c3ccc(OC)cc3)C(=O)C(=O)N2c2nnc(SCc3ccc(C)cc3)s2)cc1. The van der Waals surface area contributed by atoms with E-state index >= 15 is 0 Å². The molecule has 1 aliphatic heterocycles. The van der Waals surface area contributed by atoms with Crippen molar-refractivity contribution >= 4 is 45.7 Å². The third-order valence-corrected chi connectivity index (χ3v) is 8.53. The van der Waals surface area contributed by atoms with Gasteiger partial charge < -0.3 is 14.6 Å². The van der Waals surface area contributed by atoms with E-state index in [0.717, 1.165) is 5.56 Å². The largest absolute Gasteiger partial charge is 0.507 e. The highest BCUT2D eigenvalue weighted by molar-refractivity contribution is 8.00. The number of ether oxygens (including phenoxy) is 2. The standard InChI is InChI=1S/C30H27N3O5S2/c1-4-38-23-15-9-20(10-16-23)25-24(26(34)21-11-13-22(37-3)14-12-21)27(35)28(36)33(25)29-31-32-30(40-29)39-17-19-7-5-18(2)6-8-19/h5-16,25,34H,4,17H2,1-3H3/b26-24-. The van der Waals surface area contributed by atoms with Gasteiger partial charge in [-0.3, -0.25) is 14.5 Å². The first kappa shape index (κ1) is 27.4. The van der Waals surface area contributed by atoms with Crippen LogP contribution in [-0.2, 0) is 15.3 Å². The van der Waals surface area contributed by atoms with E-state index in [9.17, 15) is 14.7 Å². The predicted molar refractivity (Wildman–Crippen MR) is 156 cm³/mol. The van der Waals surface area contributed by atoms with Gasteiger partial charge in [-0.25, -0.2) is 0 Å². The summed E-state index contributed by atoms with van der Waals surface area (Å²) >= 11 is 2.74. The van der Waals surface area contributed by atoms with E-state index < -0.39 is 17.7 Å².